The molecule has 0 saturated carbocycles. The minimum absolute atomic E-state index is 0.760. The molecule has 0 spiro atoms. The van der Waals surface area contributed by atoms with E-state index < -0.39 is 11.7 Å². The molecule has 0 rings (SSSR count). The first-order valence-electron chi connectivity index (χ1n) is 2.89. The predicted molar refractivity (Wildman–Crippen MR) is 37.6 cm³/mol. The van der Waals surface area contributed by atoms with Crippen LogP contribution in [-0.4, -0.2) is 26.5 Å². The highest BCUT2D eigenvalue weighted by molar-refractivity contribution is 5.79. The molecule has 0 atom stereocenters. The lowest BCUT2D eigenvalue weighted by molar-refractivity contribution is -0.0859. The molecule has 0 amide bonds. The summed E-state index contributed by atoms with van der Waals surface area (Å²) in [6.07, 6.45) is -2.72. The third-order valence-electron chi connectivity index (χ3n) is 0.895. The van der Waals surface area contributed by atoms with Crippen molar-refractivity contribution in [2.45, 2.75) is 6.18 Å². The van der Waals surface area contributed by atoms with Gasteiger partial charge in [0.25, 0.3) is 0 Å². The van der Waals surface area contributed by atoms with Gasteiger partial charge in [-0.25, -0.2) is 0 Å². The average Bonchev–Trinajstić information content (AvgIpc) is 1.85. The van der Waals surface area contributed by atoms with E-state index in [1.807, 2.05) is 0 Å². The van der Waals surface area contributed by atoms with E-state index in [1.54, 1.807) is 0 Å². The first kappa shape index (κ1) is 10.0. The van der Waals surface area contributed by atoms with Crippen molar-refractivity contribution in [3.63, 3.8) is 0 Å². The van der Waals surface area contributed by atoms with Gasteiger partial charge in [-0.05, 0) is 0 Å². The Kier molecular flexibility index (Phi) is 3.64. The van der Waals surface area contributed by atoms with Crippen LogP contribution < -0.4 is 5.32 Å². The molecule has 0 aromatic heterocycles. The van der Waals surface area contributed by atoms with Crippen molar-refractivity contribution in [1.29, 1.82) is 0 Å². The van der Waals surface area contributed by atoms with Crippen LogP contribution in [0.3, 0.4) is 0 Å². The molecule has 64 valence electrons. The van der Waals surface area contributed by atoms with Crippen LogP contribution in [0, 0.1) is 0 Å². The molecule has 2 nitrogen and oxygen atoms in total. The molecule has 0 heterocycles. The first-order chi connectivity index (χ1) is 5.02. The molecule has 0 aromatic carbocycles. The monoisotopic (exact) mass is 166 g/mol. The zero-order valence-electron chi connectivity index (χ0n) is 6.24. The second kappa shape index (κ2) is 4.00. The average molecular weight is 166 g/mol. The van der Waals surface area contributed by atoms with Gasteiger partial charge in [-0.1, -0.05) is 0 Å². The Morgan fingerprint density at radius 1 is 1.45 bits per heavy atom. The van der Waals surface area contributed by atoms with Crippen LogP contribution in [0.4, 0.5) is 13.2 Å². The van der Waals surface area contributed by atoms with Crippen molar-refractivity contribution >= 4 is 6.21 Å². The molecule has 5 heteroatoms. The minimum Gasteiger partial charge on any atom is -0.393 e. The Hall–Kier alpha value is -1.00. The number of nitrogens with zero attached hydrogens (tertiary/aromatic N) is 1. The maximum Gasteiger partial charge on any atom is 0.419 e. The van der Waals surface area contributed by atoms with Crippen LogP contribution in [-0.2, 0) is 0 Å². The summed E-state index contributed by atoms with van der Waals surface area (Å²) in [5.74, 6) is 0. The summed E-state index contributed by atoms with van der Waals surface area (Å²) in [5.41, 5.74) is -0.789. The molecule has 0 aromatic rings. The van der Waals surface area contributed by atoms with E-state index in [1.165, 1.54) is 14.1 Å². The summed E-state index contributed by atoms with van der Waals surface area (Å²) in [6, 6.07) is 0. The molecule has 11 heavy (non-hydrogen) atoms. The molecular weight excluding hydrogens is 157 g/mol. The van der Waals surface area contributed by atoms with Gasteiger partial charge in [0.15, 0.2) is 0 Å². The fourth-order valence-corrected chi connectivity index (χ4v) is 0.487. The maximum absolute atomic E-state index is 11.9. The summed E-state index contributed by atoms with van der Waals surface area (Å²) < 4.78 is 35.7. The molecular formula is C6H9F3N2. The van der Waals surface area contributed by atoms with E-state index in [9.17, 15) is 13.2 Å². The number of hydrogen-bond donors (Lipinski definition) is 1. The third-order valence-corrected chi connectivity index (χ3v) is 0.895. The van der Waals surface area contributed by atoms with Crippen molar-refractivity contribution in [2.75, 3.05) is 14.1 Å². The third kappa shape index (κ3) is 3.64. The van der Waals surface area contributed by atoms with Gasteiger partial charge in [0, 0.05) is 26.5 Å². The topological polar surface area (TPSA) is 24.4 Å². The van der Waals surface area contributed by atoms with Crippen LogP contribution in [0.2, 0.25) is 0 Å². The largest absolute Gasteiger partial charge is 0.419 e. The Morgan fingerprint density at radius 3 is 2.27 bits per heavy atom. The summed E-state index contributed by atoms with van der Waals surface area (Å²) in [7, 11) is 2.68. The second-order valence-corrected chi connectivity index (χ2v) is 1.77. The van der Waals surface area contributed by atoms with Crippen molar-refractivity contribution in [2.24, 2.45) is 4.99 Å². The van der Waals surface area contributed by atoms with Crippen LogP contribution in [0.15, 0.2) is 16.8 Å². The van der Waals surface area contributed by atoms with E-state index in [4.69, 9.17) is 0 Å². The van der Waals surface area contributed by atoms with E-state index in [0.717, 1.165) is 12.4 Å². The van der Waals surface area contributed by atoms with Crippen molar-refractivity contribution < 1.29 is 13.2 Å². The zero-order chi connectivity index (χ0) is 8.91. The Bertz CT molecular complexity index is 169. The highest BCUT2D eigenvalue weighted by Crippen LogP contribution is 2.23. The van der Waals surface area contributed by atoms with Gasteiger partial charge in [-0.15, -0.1) is 0 Å². The second-order valence-electron chi connectivity index (χ2n) is 1.77. The molecule has 0 aliphatic carbocycles. The van der Waals surface area contributed by atoms with Crippen molar-refractivity contribution in [3.05, 3.63) is 11.8 Å². The van der Waals surface area contributed by atoms with Crippen LogP contribution in [0.1, 0.15) is 0 Å². The van der Waals surface area contributed by atoms with Gasteiger partial charge >= 0.3 is 6.18 Å². The SMILES string of the molecule is CN=C/C(=C/NC)C(F)(F)F. The Morgan fingerprint density at radius 2 is 2.00 bits per heavy atom. The normalized spacial score (nSPS) is 14.1. The molecule has 0 fully saturated rings. The van der Waals surface area contributed by atoms with Gasteiger partial charge in [0.2, 0.25) is 0 Å². The summed E-state index contributed by atoms with van der Waals surface area (Å²) in [6.45, 7) is 0. The smallest absolute Gasteiger partial charge is 0.393 e. The fourth-order valence-electron chi connectivity index (χ4n) is 0.487. The first-order valence-corrected chi connectivity index (χ1v) is 2.89. The highest BCUT2D eigenvalue weighted by Gasteiger charge is 2.32. The molecule has 0 unspecified atom stereocenters. The molecule has 1 N–H and O–H groups in total. The van der Waals surface area contributed by atoms with Gasteiger partial charge in [0.05, 0.1) is 5.57 Å². The minimum atomic E-state index is -4.33. The van der Waals surface area contributed by atoms with Gasteiger partial charge < -0.3 is 5.32 Å². The number of rotatable bonds is 2. The maximum atomic E-state index is 11.9. The number of hydrogen-bond acceptors (Lipinski definition) is 2. The number of halogens is 3. The fraction of sp³-hybridized carbons (Fsp3) is 0.500. The van der Waals surface area contributed by atoms with Crippen molar-refractivity contribution in [3.8, 4) is 0 Å². The lowest BCUT2D eigenvalue weighted by Crippen LogP contribution is -2.15. The lowest BCUT2D eigenvalue weighted by Gasteiger charge is -2.05. The van der Waals surface area contributed by atoms with Crippen LogP contribution in [0.5, 0.6) is 0 Å². The molecule has 0 aliphatic heterocycles. The lowest BCUT2D eigenvalue weighted by atomic mass is 10.3. The highest BCUT2D eigenvalue weighted by atomic mass is 19.4. The van der Waals surface area contributed by atoms with Crippen molar-refractivity contribution in [1.82, 2.24) is 5.32 Å². The van der Waals surface area contributed by atoms with E-state index in [2.05, 4.69) is 10.3 Å². The van der Waals surface area contributed by atoms with Gasteiger partial charge in [0.1, 0.15) is 0 Å². The molecule has 0 bridgehead atoms. The van der Waals surface area contributed by atoms with E-state index in [0.29, 0.717) is 0 Å². The van der Waals surface area contributed by atoms with Crippen LogP contribution >= 0.6 is 0 Å². The number of nitrogens with one attached hydrogen (secondary N) is 1. The van der Waals surface area contributed by atoms with Crippen LogP contribution in [0.25, 0.3) is 0 Å². The number of allylic oxidation sites excluding steroid dienone is 1. The summed E-state index contributed by atoms with van der Waals surface area (Å²) in [4.78, 5) is 3.27. The molecule has 0 saturated heterocycles. The predicted octanol–water partition coefficient (Wildman–Crippen LogP) is 1.35. The van der Waals surface area contributed by atoms with E-state index in [-0.39, 0.29) is 0 Å². The number of aliphatic imine (C=N–C) groups is 1. The quantitative estimate of drug-likeness (QED) is 0.615. The molecule has 0 aliphatic rings. The standard InChI is InChI=1S/C6H9F3N2/c1-10-3-5(4-11-2)6(7,8)9/h3-4,10H,1-2H3/b5-3-,11-4?. The Balaban J connectivity index is 4.48. The summed E-state index contributed by atoms with van der Waals surface area (Å²) >= 11 is 0. The number of alkyl halides is 3. The zero-order valence-corrected chi connectivity index (χ0v) is 6.24. The Labute approximate surface area is 62.8 Å². The van der Waals surface area contributed by atoms with E-state index >= 15 is 0 Å². The summed E-state index contributed by atoms with van der Waals surface area (Å²) in [5, 5.41) is 2.29. The van der Waals surface area contributed by atoms with Gasteiger partial charge in [-0.2, -0.15) is 13.2 Å². The molecule has 0 radical (unpaired) electrons. The van der Waals surface area contributed by atoms with Gasteiger partial charge in [-0.3, -0.25) is 4.99 Å².